The minimum absolute atomic E-state index is 0.139. The number of amides is 1. The number of hydrogen-bond donors (Lipinski definition) is 0. The Morgan fingerprint density at radius 3 is 2.60 bits per heavy atom. The molecule has 1 amide bonds. The molecule has 0 aromatic heterocycles. The minimum Gasteiger partial charge on any atom is -0.496 e. The van der Waals surface area contributed by atoms with Crippen molar-refractivity contribution in [3.05, 3.63) is 42.0 Å². The topological polar surface area (TPSA) is 55.8 Å². The number of nitrogens with zero attached hydrogens (tertiary/aromatic N) is 1. The van der Waals surface area contributed by atoms with E-state index in [0.29, 0.717) is 17.2 Å². The largest absolute Gasteiger partial charge is 0.496 e. The highest BCUT2D eigenvalue weighted by atomic mass is 16.5. The number of ether oxygens (including phenoxy) is 2. The number of carbonyl (C=O) groups is 2. The molecular formula is C20H23NO4. The molecule has 1 aliphatic heterocycles. The first kappa shape index (κ1) is 17.3. The van der Waals surface area contributed by atoms with Gasteiger partial charge in [-0.3, -0.25) is 4.79 Å². The number of methoxy groups -OCH3 is 1. The van der Waals surface area contributed by atoms with Crippen LogP contribution >= 0.6 is 0 Å². The molecule has 25 heavy (non-hydrogen) atoms. The summed E-state index contributed by atoms with van der Waals surface area (Å²) < 4.78 is 10.6. The van der Waals surface area contributed by atoms with Gasteiger partial charge in [-0.1, -0.05) is 31.2 Å². The second-order valence-corrected chi connectivity index (χ2v) is 6.56. The van der Waals surface area contributed by atoms with Crippen LogP contribution in [0.15, 0.2) is 36.4 Å². The number of fused-ring (bicyclic) bond motifs is 1. The van der Waals surface area contributed by atoms with Gasteiger partial charge >= 0.3 is 5.97 Å². The molecule has 1 fully saturated rings. The summed E-state index contributed by atoms with van der Waals surface area (Å²) in [6.07, 6.45) is 2.14. The third-order valence-electron chi connectivity index (χ3n) is 4.62. The van der Waals surface area contributed by atoms with Crippen LogP contribution in [-0.4, -0.2) is 43.6 Å². The molecule has 1 heterocycles. The van der Waals surface area contributed by atoms with Gasteiger partial charge in [0.15, 0.2) is 6.61 Å². The lowest BCUT2D eigenvalue weighted by atomic mass is 10.0. The standard InChI is InChI=1S/C20H23NO4/c1-14-6-5-9-21(12-14)19(22)13-25-20(23)17-10-15-7-3-4-8-16(15)11-18(17)24-2/h3-4,7-8,10-11,14H,5-6,9,12-13H2,1-2H3/t14-/m0/s1. The van der Waals surface area contributed by atoms with Gasteiger partial charge in [-0.25, -0.2) is 4.79 Å². The van der Waals surface area contributed by atoms with Gasteiger partial charge in [0.2, 0.25) is 0 Å². The van der Waals surface area contributed by atoms with E-state index in [1.54, 1.807) is 17.0 Å². The second kappa shape index (κ2) is 7.55. The molecule has 5 heteroatoms. The third kappa shape index (κ3) is 3.92. The van der Waals surface area contributed by atoms with Crippen molar-refractivity contribution in [2.75, 3.05) is 26.8 Å². The monoisotopic (exact) mass is 341 g/mol. The van der Waals surface area contributed by atoms with Crippen LogP contribution in [0.1, 0.15) is 30.1 Å². The summed E-state index contributed by atoms with van der Waals surface area (Å²) in [5.41, 5.74) is 0.334. The highest BCUT2D eigenvalue weighted by Gasteiger charge is 2.23. The number of carbonyl (C=O) groups excluding carboxylic acids is 2. The normalized spacial score (nSPS) is 17.4. The van der Waals surface area contributed by atoms with Gasteiger partial charge in [0.05, 0.1) is 7.11 Å². The quantitative estimate of drug-likeness (QED) is 0.801. The average Bonchev–Trinajstić information content (AvgIpc) is 2.64. The molecule has 3 rings (SSSR count). The number of likely N-dealkylation sites (tertiary alicyclic amines) is 1. The van der Waals surface area contributed by atoms with E-state index < -0.39 is 5.97 Å². The summed E-state index contributed by atoms with van der Waals surface area (Å²) >= 11 is 0. The molecule has 0 radical (unpaired) electrons. The molecule has 1 aliphatic rings. The predicted molar refractivity (Wildman–Crippen MR) is 95.8 cm³/mol. The lowest BCUT2D eigenvalue weighted by Gasteiger charge is -2.30. The van der Waals surface area contributed by atoms with Crippen molar-refractivity contribution >= 4 is 22.6 Å². The van der Waals surface area contributed by atoms with Gasteiger partial charge in [-0.15, -0.1) is 0 Å². The maximum absolute atomic E-state index is 12.4. The number of esters is 1. The number of piperidine rings is 1. The Morgan fingerprint density at radius 1 is 1.20 bits per heavy atom. The van der Waals surface area contributed by atoms with E-state index >= 15 is 0 Å². The molecule has 0 unspecified atom stereocenters. The van der Waals surface area contributed by atoms with Gasteiger partial charge in [0.1, 0.15) is 11.3 Å². The first-order valence-corrected chi connectivity index (χ1v) is 8.60. The first-order valence-electron chi connectivity index (χ1n) is 8.60. The lowest BCUT2D eigenvalue weighted by Crippen LogP contribution is -2.41. The second-order valence-electron chi connectivity index (χ2n) is 6.56. The minimum atomic E-state index is -0.541. The van der Waals surface area contributed by atoms with E-state index in [4.69, 9.17) is 9.47 Å². The zero-order valence-electron chi connectivity index (χ0n) is 14.7. The van der Waals surface area contributed by atoms with Gasteiger partial charge in [-0.05, 0) is 41.7 Å². The molecule has 132 valence electrons. The molecule has 0 bridgehead atoms. The van der Waals surface area contributed by atoms with E-state index in [-0.39, 0.29) is 12.5 Å². The summed E-state index contributed by atoms with van der Waals surface area (Å²) in [5.74, 6) is 0.261. The Bertz CT molecular complexity index is 786. The average molecular weight is 341 g/mol. The van der Waals surface area contributed by atoms with E-state index in [1.165, 1.54) is 7.11 Å². The summed E-state index contributed by atoms with van der Waals surface area (Å²) in [7, 11) is 1.52. The van der Waals surface area contributed by atoms with Crippen LogP contribution in [0.2, 0.25) is 0 Å². The summed E-state index contributed by atoms with van der Waals surface area (Å²) in [4.78, 5) is 26.5. The van der Waals surface area contributed by atoms with Crippen molar-refractivity contribution < 1.29 is 19.1 Å². The van der Waals surface area contributed by atoms with E-state index in [1.807, 2.05) is 24.3 Å². The molecular weight excluding hydrogens is 318 g/mol. The molecule has 0 saturated carbocycles. The zero-order chi connectivity index (χ0) is 17.8. The van der Waals surface area contributed by atoms with Crippen LogP contribution in [0.3, 0.4) is 0 Å². The summed E-state index contributed by atoms with van der Waals surface area (Å²) in [5, 5.41) is 1.90. The molecule has 2 aromatic carbocycles. The third-order valence-corrected chi connectivity index (χ3v) is 4.62. The molecule has 0 spiro atoms. The van der Waals surface area contributed by atoms with Crippen LogP contribution in [0, 0.1) is 5.92 Å². The van der Waals surface area contributed by atoms with E-state index in [0.717, 1.165) is 36.7 Å². The van der Waals surface area contributed by atoms with Gasteiger partial charge in [0, 0.05) is 13.1 Å². The lowest BCUT2D eigenvalue weighted by molar-refractivity contribution is -0.136. The Morgan fingerprint density at radius 2 is 1.92 bits per heavy atom. The van der Waals surface area contributed by atoms with Crippen molar-refractivity contribution in [2.24, 2.45) is 5.92 Å². The fourth-order valence-corrected chi connectivity index (χ4v) is 3.26. The summed E-state index contributed by atoms with van der Waals surface area (Å²) in [6, 6.07) is 11.3. The number of rotatable bonds is 4. The first-order chi connectivity index (χ1) is 12.1. The van der Waals surface area contributed by atoms with E-state index in [9.17, 15) is 9.59 Å². The van der Waals surface area contributed by atoms with Crippen LogP contribution < -0.4 is 4.74 Å². The van der Waals surface area contributed by atoms with Gasteiger partial charge in [0.25, 0.3) is 5.91 Å². The zero-order valence-corrected chi connectivity index (χ0v) is 14.7. The van der Waals surface area contributed by atoms with Gasteiger partial charge < -0.3 is 14.4 Å². The molecule has 5 nitrogen and oxygen atoms in total. The smallest absolute Gasteiger partial charge is 0.342 e. The SMILES string of the molecule is COc1cc2ccccc2cc1C(=O)OCC(=O)N1CCC[C@H](C)C1. The van der Waals surface area contributed by atoms with Crippen LogP contribution in [0.5, 0.6) is 5.75 Å². The fourth-order valence-electron chi connectivity index (χ4n) is 3.26. The Hall–Kier alpha value is -2.56. The van der Waals surface area contributed by atoms with Crippen molar-refractivity contribution in [1.82, 2.24) is 4.90 Å². The van der Waals surface area contributed by atoms with Crippen molar-refractivity contribution in [3.8, 4) is 5.75 Å². The Balaban J connectivity index is 1.70. The van der Waals surface area contributed by atoms with Crippen LogP contribution in [0.25, 0.3) is 10.8 Å². The van der Waals surface area contributed by atoms with Crippen molar-refractivity contribution in [3.63, 3.8) is 0 Å². The maximum Gasteiger partial charge on any atom is 0.342 e. The molecule has 1 saturated heterocycles. The van der Waals surface area contributed by atoms with Crippen molar-refractivity contribution in [2.45, 2.75) is 19.8 Å². The fraction of sp³-hybridized carbons (Fsp3) is 0.400. The van der Waals surface area contributed by atoms with Crippen LogP contribution in [-0.2, 0) is 9.53 Å². The molecule has 2 aromatic rings. The van der Waals surface area contributed by atoms with Crippen molar-refractivity contribution in [1.29, 1.82) is 0 Å². The molecule has 0 N–H and O–H groups in total. The number of benzene rings is 2. The highest BCUT2D eigenvalue weighted by Crippen LogP contribution is 2.26. The van der Waals surface area contributed by atoms with Crippen LogP contribution in [0.4, 0.5) is 0 Å². The Kier molecular flexibility index (Phi) is 5.22. The van der Waals surface area contributed by atoms with E-state index in [2.05, 4.69) is 6.92 Å². The molecule has 1 atom stereocenters. The highest BCUT2D eigenvalue weighted by molar-refractivity contribution is 5.99. The molecule has 0 aliphatic carbocycles. The Labute approximate surface area is 147 Å². The predicted octanol–water partition coefficient (Wildman–Crippen LogP) is 3.26. The summed E-state index contributed by atoms with van der Waals surface area (Å²) in [6.45, 7) is 3.36. The number of hydrogen-bond acceptors (Lipinski definition) is 4. The van der Waals surface area contributed by atoms with Gasteiger partial charge in [-0.2, -0.15) is 0 Å². The maximum atomic E-state index is 12.4.